The molecule has 12 heavy (non-hydrogen) atoms. The third-order valence-electron chi connectivity index (χ3n) is 1.57. The van der Waals surface area contributed by atoms with E-state index in [4.69, 9.17) is 5.21 Å². The zero-order valence-corrected chi connectivity index (χ0v) is 7.07. The number of hydrogen-bond donors (Lipinski definition) is 1. The molecule has 0 bridgehead atoms. The Morgan fingerprint density at radius 1 is 1.58 bits per heavy atom. The highest BCUT2D eigenvalue weighted by Gasteiger charge is 2.02. The third-order valence-corrected chi connectivity index (χ3v) is 1.57. The Bertz CT molecular complexity index is 256. The molecule has 0 spiro atoms. The van der Waals surface area contributed by atoms with Crippen molar-refractivity contribution in [3.8, 4) is 0 Å². The van der Waals surface area contributed by atoms with Crippen LogP contribution < -0.4 is 0 Å². The molecule has 3 nitrogen and oxygen atoms in total. The van der Waals surface area contributed by atoms with Crippen molar-refractivity contribution in [2.24, 2.45) is 5.16 Å². The van der Waals surface area contributed by atoms with Gasteiger partial charge in [-0.05, 0) is 18.6 Å². The first kappa shape index (κ1) is 8.71. The Balaban J connectivity index is 2.82. The average molecular weight is 164 g/mol. The van der Waals surface area contributed by atoms with Gasteiger partial charge in [-0.1, -0.05) is 24.6 Å². The summed E-state index contributed by atoms with van der Waals surface area (Å²) in [5.41, 5.74) is 1.40. The van der Waals surface area contributed by atoms with E-state index in [1.54, 1.807) is 6.20 Å². The van der Waals surface area contributed by atoms with Gasteiger partial charge in [-0.25, -0.2) is 0 Å². The van der Waals surface area contributed by atoms with E-state index >= 15 is 0 Å². The minimum atomic E-state index is 0.651. The van der Waals surface area contributed by atoms with E-state index in [0.29, 0.717) is 5.71 Å². The van der Waals surface area contributed by atoms with Crippen LogP contribution in [0.5, 0.6) is 0 Å². The molecule has 0 fully saturated rings. The molecule has 0 radical (unpaired) electrons. The quantitative estimate of drug-likeness (QED) is 0.422. The predicted octanol–water partition coefficient (Wildman–Crippen LogP) is 2.06. The highest BCUT2D eigenvalue weighted by molar-refractivity contribution is 5.98. The van der Waals surface area contributed by atoms with Crippen LogP contribution in [0.15, 0.2) is 29.6 Å². The van der Waals surface area contributed by atoms with Gasteiger partial charge in [0, 0.05) is 6.20 Å². The maximum Gasteiger partial charge on any atom is 0.105 e. The largest absolute Gasteiger partial charge is 0.411 e. The maximum atomic E-state index is 8.66. The predicted molar refractivity (Wildman–Crippen MR) is 47.5 cm³/mol. The zero-order chi connectivity index (χ0) is 8.81. The molecule has 0 amide bonds. The number of oxime groups is 1. The topological polar surface area (TPSA) is 45.5 Å². The van der Waals surface area contributed by atoms with Crippen molar-refractivity contribution in [1.29, 1.82) is 0 Å². The normalized spacial score (nSPS) is 11.6. The summed E-state index contributed by atoms with van der Waals surface area (Å²) >= 11 is 0. The molecule has 64 valence electrons. The monoisotopic (exact) mass is 164 g/mol. The summed E-state index contributed by atoms with van der Waals surface area (Å²) in [6.07, 6.45) is 3.40. The molecule has 0 aliphatic rings. The Labute approximate surface area is 71.8 Å². The fourth-order valence-electron chi connectivity index (χ4n) is 1.000. The second-order valence-electron chi connectivity index (χ2n) is 2.51. The van der Waals surface area contributed by atoms with Crippen LogP contribution in [0.2, 0.25) is 0 Å². The molecule has 0 unspecified atom stereocenters. The Morgan fingerprint density at radius 3 is 2.92 bits per heavy atom. The molecule has 1 N–H and O–H groups in total. The Hall–Kier alpha value is -1.38. The van der Waals surface area contributed by atoms with Crippen molar-refractivity contribution in [3.05, 3.63) is 30.1 Å². The zero-order valence-electron chi connectivity index (χ0n) is 7.07. The van der Waals surface area contributed by atoms with Gasteiger partial charge in [0.1, 0.15) is 5.71 Å². The smallest absolute Gasteiger partial charge is 0.105 e. The van der Waals surface area contributed by atoms with Gasteiger partial charge < -0.3 is 5.21 Å². The van der Waals surface area contributed by atoms with Crippen LogP contribution in [0.3, 0.4) is 0 Å². The van der Waals surface area contributed by atoms with Crippen LogP contribution in [-0.2, 0) is 0 Å². The molecule has 3 heteroatoms. The fraction of sp³-hybridized carbons (Fsp3) is 0.333. The van der Waals surface area contributed by atoms with Crippen molar-refractivity contribution >= 4 is 5.71 Å². The second-order valence-corrected chi connectivity index (χ2v) is 2.51. The summed E-state index contributed by atoms with van der Waals surface area (Å²) in [7, 11) is 0. The molecule has 0 saturated heterocycles. The van der Waals surface area contributed by atoms with Gasteiger partial charge in [0.15, 0.2) is 0 Å². The standard InChI is InChI=1S/C9H12N2O/c1-2-5-9(11-12)8-6-3-4-7-10-8/h3-4,6-7,12H,2,5H2,1H3/b11-9-. The van der Waals surface area contributed by atoms with Gasteiger partial charge in [0.25, 0.3) is 0 Å². The van der Waals surface area contributed by atoms with Crippen molar-refractivity contribution in [2.45, 2.75) is 19.8 Å². The molecular formula is C9H12N2O. The maximum absolute atomic E-state index is 8.66. The number of aromatic nitrogens is 1. The van der Waals surface area contributed by atoms with E-state index in [2.05, 4.69) is 10.1 Å². The summed E-state index contributed by atoms with van der Waals surface area (Å²) in [6, 6.07) is 5.55. The molecule has 0 atom stereocenters. The minimum absolute atomic E-state index is 0.651. The summed E-state index contributed by atoms with van der Waals surface area (Å²) in [6.45, 7) is 2.04. The lowest BCUT2D eigenvalue weighted by Crippen LogP contribution is -2.02. The Morgan fingerprint density at radius 2 is 2.42 bits per heavy atom. The first-order valence-corrected chi connectivity index (χ1v) is 4.00. The molecule has 1 heterocycles. The second kappa shape index (κ2) is 4.49. The number of rotatable bonds is 3. The lowest BCUT2D eigenvalue weighted by molar-refractivity contribution is 0.317. The van der Waals surface area contributed by atoms with E-state index in [1.807, 2.05) is 25.1 Å². The molecule has 0 aliphatic heterocycles. The van der Waals surface area contributed by atoms with E-state index in [0.717, 1.165) is 18.5 Å². The van der Waals surface area contributed by atoms with Crippen molar-refractivity contribution in [2.75, 3.05) is 0 Å². The van der Waals surface area contributed by atoms with Crippen LogP contribution in [0, 0.1) is 0 Å². The number of pyridine rings is 1. The van der Waals surface area contributed by atoms with Gasteiger partial charge in [0.2, 0.25) is 0 Å². The lowest BCUT2D eigenvalue weighted by Gasteiger charge is -1.99. The highest BCUT2D eigenvalue weighted by atomic mass is 16.4. The van der Waals surface area contributed by atoms with Crippen LogP contribution in [0.1, 0.15) is 25.5 Å². The summed E-state index contributed by atoms with van der Waals surface area (Å²) in [4.78, 5) is 4.08. The first-order valence-electron chi connectivity index (χ1n) is 4.00. The molecule has 1 aromatic rings. The Kier molecular flexibility index (Phi) is 3.26. The first-order chi connectivity index (χ1) is 5.88. The van der Waals surface area contributed by atoms with Gasteiger partial charge in [-0.15, -0.1) is 0 Å². The average Bonchev–Trinajstić information content (AvgIpc) is 2.15. The molecule has 0 saturated carbocycles. The van der Waals surface area contributed by atoms with Gasteiger partial charge in [-0.2, -0.15) is 0 Å². The molecule has 1 aromatic heterocycles. The number of hydrogen-bond acceptors (Lipinski definition) is 3. The highest BCUT2D eigenvalue weighted by Crippen LogP contribution is 2.02. The number of nitrogens with zero attached hydrogens (tertiary/aromatic N) is 2. The summed E-state index contributed by atoms with van der Waals surface area (Å²) in [5, 5.41) is 11.9. The SMILES string of the molecule is CCC/C(=N/O)c1ccccn1. The van der Waals surface area contributed by atoms with Crippen molar-refractivity contribution < 1.29 is 5.21 Å². The van der Waals surface area contributed by atoms with Crippen LogP contribution in [0.25, 0.3) is 0 Å². The van der Waals surface area contributed by atoms with E-state index in [1.165, 1.54) is 0 Å². The summed E-state index contributed by atoms with van der Waals surface area (Å²) in [5.74, 6) is 0. The van der Waals surface area contributed by atoms with E-state index in [9.17, 15) is 0 Å². The van der Waals surface area contributed by atoms with Gasteiger partial charge in [0.05, 0.1) is 5.69 Å². The van der Waals surface area contributed by atoms with Crippen LogP contribution in [0.4, 0.5) is 0 Å². The molecule has 0 aliphatic carbocycles. The van der Waals surface area contributed by atoms with E-state index < -0.39 is 0 Å². The summed E-state index contributed by atoms with van der Waals surface area (Å²) < 4.78 is 0. The molecule has 0 aromatic carbocycles. The van der Waals surface area contributed by atoms with Crippen molar-refractivity contribution in [3.63, 3.8) is 0 Å². The van der Waals surface area contributed by atoms with Crippen LogP contribution in [-0.4, -0.2) is 15.9 Å². The van der Waals surface area contributed by atoms with Gasteiger partial charge in [-0.3, -0.25) is 4.98 Å². The van der Waals surface area contributed by atoms with Gasteiger partial charge >= 0.3 is 0 Å². The fourth-order valence-corrected chi connectivity index (χ4v) is 1.000. The molecular weight excluding hydrogens is 152 g/mol. The van der Waals surface area contributed by atoms with E-state index in [-0.39, 0.29) is 0 Å². The molecule has 1 rings (SSSR count). The van der Waals surface area contributed by atoms with Crippen molar-refractivity contribution in [1.82, 2.24) is 4.98 Å². The minimum Gasteiger partial charge on any atom is -0.411 e. The lowest BCUT2D eigenvalue weighted by atomic mass is 10.1. The van der Waals surface area contributed by atoms with Crippen LogP contribution >= 0.6 is 0 Å². The third kappa shape index (κ3) is 2.05.